The number of likely N-dealkylation sites (tertiary alicyclic amines) is 2. The summed E-state index contributed by atoms with van der Waals surface area (Å²) in [6.45, 7) is 5.39. The Morgan fingerprint density at radius 2 is 1.55 bits per heavy atom. The number of benzene rings is 3. The first-order valence-corrected chi connectivity index (χ1v) is 29.2. The molecule has 404 valence electrons. The molecule has 2 saturated heterocycles. The van der Waals surface area contributed by atoms with Crippen LogP contribution in [0.5, 0.6) is 0 Å². The van der Waals surface area contributed by atoms with Gasteiger partial charge in [0.05, 0.1) is 43.1 Å². The molecule has 2 aromatic heterocycles. The molecule has 6 aliphatic rings. The average molecular weight is 1060 g/mol. The molecule has 75 heavy (non-hydrogen) atoms. The predicted octanol–water partition coefficient (Wildman–Crippen LogP) is 10.2. The van der Waals surface area contributed by atoms with Crippen molar-refractivity contribution in [1.29, 1.82) is 0 Å². The number of aliphatic hydroxyl groups is 1. The highest BCUT2D eigenvalue weighted by molar-refractivity contribution is 7.13. The van der Waals surface area contributed by atoms with E-state index in [0.717, 1.165) is 112 Å². The molecular weight excluding hydrogens is 978 g/mol. The van der Waals surface area contributed by atoms with Gasteiger partial charge in [-0.15, -0.1) is 11.3 Å². The van der Waals surface area contributed by atoms with Crippen molar-refractivity contribution < 1.29 is 14.7 Å². The molecule has 0 radical (unpaired) electrons. The molecule has 3 aliphatic carbocycles. The number of rotatable bonds is 10. The van der Waals surface area contributed by atoms with Gasteiger partial charge in [-0.1, -0.05) is 112 Å². The number of piperidine rings is 1. The molecule has 2 amide bonds. The van der Waals surface area contributed by atoms with E-state index in [9.17, 15) is 14.4 Å². The lowest BCUT2D eigenvalue weighted by Gasteiger charge is -2.34. The van der Waals surface area contributed by atoms with Crippen molar-refractivity contribution in [3.8, 4) is 16.1 Å². The molecular formula is C60H82ClN9O4S. The second-order valence-corrected chi connectivity index (χ2v) is 22.9. The van der Waals surface area contributed by atoms with E-state index in [-0.39, 0.29) is 34.7 Å². The Balaban J connectivity index is 0.000000192. The van der Waals surface area contributed by atoms with Crippen LogP contribution in [0, 0.1) is 18.8 Å². The zero-order valence-corrected chi connectivity index (χ0v) is 46.5. The summed E-state index contributed by atoms with van der Waals surface area (Å²) in [6.07, 6.45) is 23.3. The maximum Gasteiger partial charge on any atom is 0.282 e. The molecule has 5 heterocycles. The zero-order valence-electron chi connectivity index (χ0n) is 44.9. The highest BCUT2D eigenvalue weighted by Gasteiger charge is 2.47. The van der Waals surface area contributed by atoms with Crippen molar-refractivity contribution in [3.05, 3.63) is 122 Å². The summed E-state index contributed by atoms with van der Waals surface area (Å²) in [6, 6.07) is 20.4. The van der Waals surface area contributed by atoms with Crippen LogP contribution in [0.15, 0.2) is 82.9 Å². The van der Waals surface area contributed by atoms with Crippen molar-refractivity contribution in [2.75, 3.05) is 40.8 Å². The van der Waals surface area contributed by atoms with Crippen molar-refractivity contribution in [2.24, 2.45) is 23.3 Å². The first-order chi connectivity index (χ1) is 36.6. The fourth-order valence-electron chi connectivity index (χ4n) is 13.1. The Hall–Kier alpha value is -5.12. The number of aryl methyl sites for hydroxylation is 1. The van der Waals surface area contributed by atoms with E-state index in [0.29, 0.717) is 41.8 Å². The Bertz CT molecular complexity index is 2790. The summed E-state index contributed by atoms with van der Waals surface area (Å²) in [5.74, 6) is 2.21. The number of hydrogen-bond acceptors (Lipinski definition) is 11. The quantitative estimate of drug-likeness (QED) is 0.0902. The van der Waals surface area contributed by atoms with Gasteiger partial charge in [-0.05, 0) is 157 Å². The number of nitrogens with zero attached hydrogens (tertiary/aromatic N) is 5. The minimum atomic E-state index is -0.417. The van der Waals surface area contributed by atoms with Crippen molar-refractivity contribution in [2.45, 2.75) is 159 Å². The van der Waals surface area contributed by atoms with Gasteiger partial charge >= 0.3 is 0 Å². The molecule has 5 fully saturated rings. The van der Waals surface area contributed by atoms with Gasteiger partial charge in [-0.25, -0.2) is 4.98 Å². The van der Waals surface area contributed by atoms with E-state index in [4.69, 9.17) is 27.4 Å². The largest absolute Gasteiger partial charge is 0.401 e. The standard InChI is InChI=1S/C32H45N5O2S.C26H28ClN3O.CH5N.CH4O/c1-22-30(40-21-36-22)26-16-14-23(15-17-26)19-35-31(38)28-13-8-18-37(28)32(39)29(25-11-6-3-7-12-25)34-20-27(33)24-9-4-2-5-10-24;1-29-14-10-17(11-15-29)18-8-9-19-22(16-18)30-21-7-5-6-20(27)23(21)24(31)28-25(30)26(19)12-3-2-4-13-26;2*1-2/h14-17,20-21,24-25,28-29,34H,2-13,18-19,33H2,1H3,(H,35,38);5-9,16-17H,2-4,10-15H2,1H3;2H2,1H3;2H,1H3/b27-20-;;;. The van der Waals surface area contributed by atoms with Crippen LogP contribution in [0.1, 0.15) is 156 Å². The van der Waals surface area contributed by atoms with Crippen LogP contribution in [-0.2, 0) is 21.5 Å². The molecule has 7 N–H and O–H groups in total. The minimum Gasteiger partial charge on any atom is -0.401 e. The Labute approximate surface area is 453 Å². The summed E-state index contributed by atoms with van der Waals surface area (Å²) >= 11 is 8.11. The van der Waals surface area contributed by atoms with Gasteiger partial charge in [0, 0.05) is 32.1 Å². The molecule has 0 bridgehead atoms. The summed E-state index contributed by atoms with van der Waals surface area (Å²) < 4.78 is 2.27. The third kappa shape index (κ3) is 12.4. The van der Waals surface area contributed by atoms with Gasteiger partial charge in [-0.2, -0.15) is 4.98 Å². The zero-order chi connectivity index (χ0) is 53.1. The van der Waals surface area contributed by atoms with Crippen LogP contribution in [0.3, 0.4) is 0 Å². The lowest BCUT2D eigenvalue weighted by atomic mass is 9.69. The summed E-state index contributed by atoms with van der Waals surface area (Å²) in [4.78, 5) is 54.9. The number of nitrogens with one attached hydrogen (secondary N) is 2. The topological polar surface area (TPSA) is 185 Å². The highest BCUT2D eigenvalue weighted by atomic mass is 35.5. The fraction of sp³-hybridized carbons (Fsp3) is 0.550. The maximum atomic E-state index is 14.0. The van der Waals surface area contributed by atoms with Gasteiger partial charge < -0.3 is 37.0 Å². The van der Waals surface area contributed by atoms with Crippen LogP contribution < -0.4 is 27.7 Å². The summed E-state index contributed by atoms with van der Waals surface area (Å²) in [5.41, 5.74) is 21.5. The lowest BCUT2D eigenvalue weighted by molar-refractivity contribution is -0.141. The number of aliphatic hydroxyl groups excluding tert-OH is 1. The molecule has 3 aliphatic heterocycles. The second kappa shape index (κ2) is 26.3. The van der Waals surface area contributed by atoms with Crippen molar-refractivity contribution >= 4 is 45.7 Å². The molecule has 1 spiro atoms. The molecule has 13 nitrogen and oxygen atoms in total. The first-order valence-electron chi connectivity index (χ1n) is 28.0. The second-order valence-electron chi connectivity index (χ2n) is 21.6. The van der Waals surface area contributed by atoms with E-state index in [1.165, 1.54) is 86.5 Å². The third-order valence-electron chi connectivity index (χ3n) is 17.1. The molecule has 3 aromatic carbocycles. The summed E-state index contributed by atoms with van der Waals surface area (Å²) in [7, 11) is 4.71. The van der Waals surface area contributed by atoms with Crippen LogP contribution in [0.4, 0.5) is 0 Å². The molecule has 5 aromatic rings. The number of carbonyl (C=O) groups is 2. The number of aromatic nitrogens is 3. The van der Waals surface area contributed by atoms with Gasteiger partial charge in [-0.3, -0.25) is 19.0 Å². The molecule has 15 heteroatoms. The van der Waals surface area contributed by atoms with E-state index in [2.05, 4.69) is 80.3 Å². The molecule has 2 unspecified atom stereocenters. The molecule has 3 saturated carbocycles. The van der Waals surface area contributed by atoms with Crippen LogP contribution >= 0.6 is 22.9 Å². The van der Waals surface area contributed by atoms with Crippen LogP contribution in [0.2, 0.25) is 5.02 Å². The van der Waals surface area contributed by atoms with Crippen molar-refractivity contribution in [1.82, 2.24) is 35.0 Å². The number of nitrogens with two attached hydrogens (primary N) is 2. The van der Waals surface area contributed by atoms with Gasteiger partial charge in [0.15, 0.2) is 0 Å². The SMILES string of the molecule is CN.CN1CCC(c2ccc3c(c2)-n2c(nc(=O)c4c(Cl)cccc42)C32CCCCC2)CC1.CO.Cc1ncsc1-c1ccc(CNC(=O)C2CCCN2C(=O)C(N/C=C(\N)C2CCCCC2)C2CCCCC2)cc1. The van der Waals surface area contributed by atoms with Crippen LogP contribution in [0.25, 0.3) is 27.0 Å². The van der Waals surface area contributed by atoms with Gasteiger partial charge in [0.1, 0.15) is 17.9 Å². The smallest absolute Gasteiger partial charge is 0.282 e. The lowest BCUT2D eigenvalue weighted by Crippen LogP contribution is -2.54. The number of carbonyl (C=O) groups excluding carboxylic acids is 2. The number of fused-ring (bicyclic) bond motifs is 7. The maximum absolute atomic E-state index is 14.0. The normalized spacial score (nSPS) is 20.4. The monoisotopic (exact) mass is 1060 g/mol. The van der Waals surface area contributed by atoms with E-state index < -0.39 is 6.04 Å². The number of thiazole rings is 1. The molecule has 11 rings (SSSR count). The third-order valence-corrected chi connectivity index (χ3v) is 18.4. The van der Waals surface area contributed by atoms with Gasteiger partial charge in [0.25, 0.3) is 5.56 Å². The number of allylic oxidation sites excluding steroid dienone is 1. The van der Waals surface area contributed by atoms with Gasteiger partial charge in [0.2, 0.25) is 11.8 Å². The number of hydrogen-bond donors (Lipinski definition) is 5. The Morgan fingerprint density at radius 3 is 2.23 bits per heavy atom. The minimum absolute atomic E-state index is 0.0570. The number of amides is 2. The number of halogens is 1. The van der Waals surface area contributed by atoms with E-state index in [1.807, 2.05) is 35.7 Å². The van der Waals surface area contributed by atoms with Crippen LogP contribution in [-0.4, -0.2) is 94.2 Å². The average Bonchev–Trinajstić information content (AvgIpc) is 4.20. The van der Waals surface area contributed by atoms with E-state index in [1.54, 1.807) is 17.4 Å². The first kappa shape index (κ1) is 56.1. The predicted molar refractivity (Wildman–Crippen MR) is 305 cm³/mol. The Kier molecular flexibility index (Phi) is 19.7. The fourth-order valence-corrected chi connectivity index (χ4v) is 14.1. The van der Waals surface area contributed by atoms with E-state index >= 15 is 0 Å². The van der Waals surface area contributed by atoms with Crippen molar-refractivity contribution in [3.63, 3.8) is 0 Å². The summed E-state index contributed by atoms with van der Waals surface area (Å²) in [5, 5.41) is 14.6. The highest BCUT2D eigenvalue weighted by Crippen LogP contribution is 2.52. The Morgan fingerprint density at radius 1 is 0.867 bits per heavy atom. The molecule has 2 atom stereocenters.